The highest BCUT2D eigenvalue weighted by molar-refractivity contribution is 6.30. The summed E-state index contributed by atoms with van der Waals surface area (Å²) in [6.45, 7) is -0.373. The van der Waals surface area contributed by atoms with Crippen LogP contribution in [0.3, 0.4) is 0 Å². The van der Waals surface area contributed by atoms with Gasteiger partial charge in [0.1, 0.15) is 0 Å². The Morgan fingerprint density at radius 2 is 1.59 bits per heavy atom. The van der Waals surface area contributed by atoms with Gasteiger partial charge < -0.3 is 10.1 Å². The molecular weight excluding hydrogens is 390 g/mol. The van der Waals surface area contributed by atoms with Crippen molar-refractivity contribution in [2.45, 2.75) is 19.3 Å². The van der Waals surface area contributed by atoms with Crippen LogP contribution in [0.5, 0.6) is 0 Å². The van der Waals surface area contributed by atoms with Crippen molar-refractivity contribution in [3.05, 3.63) is 65.2 Å². The summed E-state index contributed by atoms with van der Waals surface area (Å²) in [7, 11) is 0. The Kier molecular flexibility index (Phi) is 5.67. The lowest BCUT2D eigenvalue weighted by Gasteiger charge is -2.28. The fourth-order valence-electron chi connectivity index (χ4n) is 4.77. The van der Waals surface area contributed by atoms with Crippen molar-refractivity contribution >= 4 is 34.9 Å². The van der Waals surface area contributed by atoms with Crippen LogP contribution < -0.4 is 5.32 Å². The fraction of sp³-hybridized carbons (Fsp3) is 0.348. The molecule has 0 aliphatic heterocycles. The molecule has 29 heavy (non-hydrogen) atoms. The third-order valence-corrected chi connectivity index (χ3v) is 6.28. The van der Waals surface area contributed by atoms with Gasteiger partial charge in [-0.15, -0.1) is 0 Å². The van der Waals surface area contributed by atoms with Crippen molar-refractivity contribution in [2.75, 3.05) is 11.9 Å². The van der Waals surface area contributed by atoms with E-state index in [1.54, 1.807) is 36.4 Å². The number of hydrogen-bond donors (Lipinski definition) is 1. The van der Waals surface area contributed by atoms with Crippen LogP contribution in [0, 0.1) is 23.7 Å². The molecule has 4 atom stereocenters. The minimum Gasteiger partial charge on any atom is -0.455 e. The molecule has 2 aromatic rings. The average Bonchev–Trinajstić information content (AvgIpc) is 3.35. The smallest absolute Gasteiger partial charge is 0.310 e. The Morgan fingerprint density at radius 3 is 2.28 bits per heavy atom. The Hall–Kier alpha value is -2.66. The van der Waals surface area contributed by atoms with Gasteiger partial charge in [0.25, 0.3) is 5.91 Å². The minimum absolute atomic E-state index is 0.00497. The summed E-state index contributed by atoms with van der Waals surface area (Å²) in [5.41, 5.74) is 1.20. The van der Waals surface area contributed by atoms with Gasteiger partial charge in [0.2, 0.25) is 0 Å². The van der Waals surface area contributed by atoms with Crippen molar-refractivity contribution in [1.82, 2.24) is 0 Å². The Morgan fingerprint density at radius 1 is 0.931 bits per heavy atom. The second-order valence-corrected chi connectivity index (χ2v) is 8.21. The number of benzene rings is 2. The van der Waals surface area contributed by atoms with E-state index < -0.39 is 17.8 Å². The summed E-state index contributed by atoms with van der Waals surface area (Å²) in [5, 5.41) is 3.24. The van der Waals surface area contributed by atoms with Gasteiger partial charge >= 0.3 is 5.97 Å². The van der Waals surface area contributed by atoms with E-state index in [9.17, 15) is 14.4 Å². The highest BCUT2D eigenvalue weighted by Gasteiger charge is 2.54. The second-order valence-electron chi connectivity index (χ2n) is 7.78. The Bertz CT molecular complexity index is 912. The number of nitrogens with one attached hydrogen (secondary N) is 1. The molecular formula is C23H22ClNO4. The van der Waals surface area contributed by atoms with Gasteiger partial charge in [-0.1, -0.05) is 41.9 Å². The van der Waals surface area contributed by atoms with Crippen molar-refractivity contribution in [3.63, 3.8) is 0 Å². The molecule has 1 N–H and O–H groups in total. The number of anilines is 1. The number of amides is 1. The number of ether oxygens (including phenoxy) is 1. The molecule has 0 saturated heterocycles. The summed E-state index contributed by atoms with van der Waals surface area (Å²) < 4.78 is 5.32. The Balaban J connectivity index is 1.39. The monoisotopic (exact) mass is 411 g/mol. The third-order valence-electron chi connectivity index (χ3n) is 6.02. The number of carbonyl (C=O) groups is 3. The Labute approximate surface area is 174 Å². The average molecular weight is 412 g/mol. The summed E-state index contributed by atoms with van der Waals surface area (Å²) in [4.78, 5) is 38.0. The quantitative estimate of drug-likeness (QED) is 0.566. The minimum atomic E-state index is -0.468. The van der Waals surface area contributed by atoms with Crippen molar-refractivity contribution < 1.29 is 19.1 Å². The number of rotatable bonds is 6. The first-order chi connectivity index (χ1) is 14.0. The number of hydrogen-bond acceptors (Lipinski definition) is 4. The topological polar surface area (TPSA) is 72.5 Å². The van der Waals surface area contributed by atoms with Crippen molar-refractivity contribution in [1.29, 1.82) is 0 Å². The van der Waals surface area contributed by atoms with Gasteiger partial charge in [-0.2, -0.15) is 0 Å². The van der Waals surface area contributed by atoms with E-state index in [2.05, 4.69) is 5.32 Å². The van der Waals surface area contributed by atoms with Crippen LogP contribution in [0.2, 0.25) is 5.02 Å². The molecule has 2 saturated carbocycles. The second kappa shape index (κ2) is 8.37. The van der Waals surface area contributed by atoms with E-state index in [0.717, 1.165) is 19.3 Å². The fourth-order valence-corrected chi connectivity index (χ4v) is 4.89. The SMILES string of the molecule is O=C(COC(=O)[C@H]1[C@H]2CC[C@H](C2)[C@@H]1C(=O)c1ccccc1)Nc1ccc(Cl)cc1. The molecule has 0 aromatic heterocycles. The number of ketones is 1. The van der Waals surface area contributed by atoms with Crippen LogP contribution in [0.1, 0.15) is 29.6 Å². The summed E-state index contributed by atoms with van der Waals surface area (Å²) in [6.07, 6.45) is 2.77. The molecule has 2 aliphatic rings. The maximum Gasteiger partial charge on any atom is 0.310 e. The van der Waals surface area contributed by atoms with Gasteiger partial charge in [0.15, 0.2) is 12.4 Å². The molecule has 0 heterocycles. The van der Waals surface area contributed by atoms with E-state index in [-0.39, 0.29) is 30.1 Å². The predicted octanol–water partition coefficient (Wildman–Crippen LogP) is 4.37. The maximum atomic E-state index is 13.1. The summed E-state index contributed by atoms with van der Waals surface area (Å²) in [6, 6.07) is 15.8. The lowest BCUT2D eigenvalue weighted by molar-refractivity contribution is -0.154. The standard InChI is InChI=1S/C23H22ClNO4/c24-17-8-10-18(11-9-17)25-19(26)13-29-23(28)21-16-7-6-15(12-16)20(21)22(27)14-4-2-1-3-5-14/h1-5,8-11,15-16,20-21H,6-7,12-13H2,(H,25,26)/t15-,16+,20+,21+/m1/s1. The van der Waals surface area contributed by atoms with Crippen molar-refractivity contribution in [2.24, 2.45) is 23.7 Å². The molecule has 2 fully saturated rings. The molecule has 0 unspecified atom stereocenters. The van der Waals surface area contributed by atoms with Crippen LogP contribution in [0.25, 0.3) is 0 Å². The molecule has 2 bridgehead atoms. The van der Waals surface area contributed by atoms with E-state index in [0.29, 0.717) is 16.3 Å². The first kappa shape index (κ1) is 19.6. The highest BCUT2D eigenvalue weighted by Crippen LogP contribution is 2.53. The molecule has 150 valence electrons. The molecule has 4 rings (SSSR count). The first-order valence-corrected chi connectivity index (χ1v) is 10.2. The highest BCUT2D eigenvalue weighted by atomic mass is 35.5. The van der Waals surface area contributed by atoms with Gasteiger partial charge in [-0.25, -0.2) is 0 Å². The van der Waals surface area contributed by atoms with Crippen LogP contribution in [0.4, 0.5) is 5.69 Å². The number of carbonyl (C=O) groups excluding carboxylic acids is 3. The maximum absolute atomic E-state index is 13.1. The molecule has 2 aliphatic carbocycles. The lowest BCUT2D eigenvalue weighted by atomic mass is 9.75. The summed E-state index contributed by atoms with van der Waals surface area (Å²) in [5.74, 6) is -1.32. The van der Waals surface area contributed by atoms with Crippen LogP contribution in [-0.4, -0.2) is 24.3 Å². The van der Waals surface area contributed by atoms with E-state index >= 15 is 0 Å². The first-order valence-electron chi connectivity index (χ1n) is 9.84. The summed E-state index contributed by atoms with van der Waals surface area (Å²) >= 11 is 5.83. The molecule has 1 amide bonds. The number of esters is 1. The van der Waals surface area contributed by atoms with Crippen LogP contribution >= 0.6 is 11.6 Å². The molecule has 6 heteroatoms. The molecule has 0 radical (unpaired) electrons. The van der Waals surface area contributed by atoms with Crippen LogP contribution in [0.15, 0.2) is 54.6 Å². The molecule has 0 spiro atoms. The van der Waals surface area contributed by atoms with Gasteiger partial charge in [-0.05, 0) is 55.4 Å². The number of Topliss-reactive ketones (excluding diaryl/α,β-unsaturated/α-hetero) is 1. The van der Waals surface area contributed by atoms with E-state index in [4.69, 9.17) is 16.3 Å². The van der Waals surface area contributed by atoms with Crippen LogP contribution in [-0.2, 0) is 14.3 Å². The predicted molar refractivity (Wildman–Crippen MR) is 110 cm³/mol. The zero-order valence-electron chi connectivity index (χ0n) is 15.8. The zero-order chi connectivity index (χ0) is 20.4. The largest absolute Gasteiger partial charge is 0.455 e. The molecule has 5 nitrogen and oxygen atoms in total. The number of fused-ring (bicyclic) bond motifs is 2. The lowest BCUT2D eigenvalue weighted by Crippen LogP contribution is -2.37. The third kappa shape index (κ3) is 4.20. The number of halogens is 1. The van der Waals surface area contributed by atoms with Gasteiger partial charge in [0.05, 0.1) is 5.92 Å². The van der Waals surface area contributed by atoms with Crippen molar-refractivity contribution in [3.8, 4) is 0 Å². The van der Waals surface area contributed by atoms with E-state index in [1.807, 2.05) is 18.2 Å². The zero-order valence-corrected chi connectivity index (χ0v) is 16.6. The normalized spacial score (nSPS) is 24.9. The molecule has 2 aromatic carbocycles. The van der Waals surface area contributed by atoms with E-state index in [1.165, 1.54) is 0 Å². The van der Waals surface area contributed by atoms with Gasteiger partial charge in [0, 0.05) is 22.2 Å². The van der Waals surface area contributed by atoms with Gasteiger partial charge in [-0.3, -0.25) is 14.4 Å².